The molecule has 0 radical (unpaired) electrons. The number of alkyl halides is 12. The topological polar surface area (TPSA) is 82.8 Å². The number of aromatic nitrogens is 6. The summed E-state index contributed by atoms with van der Waals surface area (Å²) in [6.07, 6.45) is -19.3. The van der Waals surface area contributed by atoms with Crippen LogP contribution in [-0.2, 0) is 47.6 Å². The van der Waals surface area contributed by atoms with Crippen LogP contribution in [0.4, 0.5) is 52.7 Å². The molecule has 0 aliphatic rings. The fourth-order valence-electron chi connectivity index (χ4n) is 3.31. The van der Waals surface area contributed by atoms with Crippen molar-refractivity contribution in [2.45, 2.75) is 89.5 Å². The highest BCUT2D eigenvalue weighted by Crippen LogP contribution is 2.41. The van der Waals surface area contributed by atoms with Gasteiger partial charge in [-0.25, -0.2) is 15.0 Å². The molecule has 1 N–H and O–H groups in total. The quantitative estimate of drug-likeness (QED) is 0.124. The molecule has 0 saturated carbocycles. The summed E-state index contributed by atoms with van der Waals surface area (Å²) in [5, 5.41) is 0. The number of rotatable bonds is 10. The van der Waals surface area contributed by atoms with Gasteiger partial charge in [0.15, 0.2) is 37.0 Å². The lowest BCUT2D eigenvalue weighted by atomic mass is 10.3. The van der Waals surface area contributed by atoms with Crippen molar-refractivity contribution < 1.29 is 62.2 Å². The van der Waals surface area contributed by atoms with Gasteiger partial charge in [0.1, 0.15) is 22.7 Å². The van der Waals surface area contributed by atoms with Crippen LogP contribution in [0.2, 0.25) is 51.4 Å². The van der Waals surface area contributed by atoms with E-state index < -0.39 is 75.1 Å². The van der Waals surface area contributed by atoms with Gasteiger partial charge >= 0.3 is 24.7 Å². The summed E-state index contributed by atoms with van der Waals surface area (Å²) < 4.78 is 162. The summed E-state index contributed by atoms with van der Waals surface area (Å²) >= 11 is 14.0. The van der Waals surface area contributed by atoms with Gasteiger partial charge < -0.3 is 14.5 Å². The zero-order chi connectivity index (χ0) is 40.8. The fraction of sp³-hybridized carbons (Fsp3) is 0.640. The average molecular weight is 1130 g/mol. The zero-order valence-corrected chi connectivity index (χ0v) is 37.7. The molecule has 3 heterocycles. The van der Waals surface area contributed by atoms with Gasteiger partial charge in [-0.15, -0.1) is 0 Å². The summed E-state index contributed by atoms with van der Waals surface area (Å²) in [6, 6.07) is 1.65. The normalized spacial score (nSPS) is 13.1. The second kappa shape index (κ2) is 19.1. The lowest BCUT2D eigenvalue weighted by Gasteiger charge is -2.17. The van der Waals surface area contributed by atoms with Crippen LogP contribution in [0.15, 0.2) is 23.4 Å². The zero-order valence-electron chi connectivity index (χ0n) is 27.7. The molecule has 0 fully saturated rings. The first-order valence-corrected chi connectivity index (χ1v) is 25.6. The number of halogens is 17. The molecule has 300 valence electrons. The second-order valence-corrected chi connectivity index (χ2v) is 27.7. The lowest BCUT2D eigenvalue weighted by molar-refractivity contribution is -0.168. The Balaban J connectivity index is 0.000000410. The van der Waals surface area contributed by atoms with Gasteiger partial charge in [-0.3, -0.25) is 9.13 Å². The summed E-state index contributed by atoms with van der Waals surface area (Å²) in [5.74, 6) is 0. The second-order valence-electron chi connectivity index (χ2n) is 12.8. The molecule has 52 heavy (non-hydrogen) atoms. The van der Waals surface area contributed by atoms with Crippen LogP contribution in [0.25, 0.3) is 0 Å². The van der Waals surface area contributed by atoms with Crippen LogP contribution in [0.1, 0.15) is 22.8 Å². The van der Waals surface area contributed by atoms with Crippen LogP contribution in [0.3, 0.4) is 0 Å². The molecule has 0 saturated heterocycles. The first-order chi connectivity index (χ1) is 23.2. The minimum absolute atomic E-state index is 0.0364. The van der Waals surface area contributed by atoms with E-state index in [4.69, 9.17) is 9.47 Å². The number of hydrogen-bond acceptors (Lipinski definition) is 5. The predicted octanol–water partition coefficient (Wildman–Crippen LogP) is 12.7. The van der Waals surface area contributed by atoms with E-state index in [0.29, 0.717) is 17.2 Å². The third-order valence-electron chi connectivity index (χ3n) is 5.93. The lowest BCUT2D eigenvalue weighted by Crippen LogP contribution is -2.23. The Morgan fingerprint density at radius 2 is 0.981 bits per heavy atom. The van der Waals surface area contributed by atoms with E-state index in [0.717, 1.165) is 6.04 Å². The number of nitrogens with zero attached hydrogens (tertiary/aromatic N) is 5. The predicted molar refractivity (Wildman–Crippen MR) is 190 cm³/mol. The van der Waals surface area contributed by atoms with Gasteiger partial charge in [0, 0.05) is 29.4 Å². The number of aromatic amines is 1. The van der Waals surface area contributed by atoms with Crippen molar-refractivity contribution in [1.82, 2.24) is 29.1 Å². The van der Waals surface area contributed by atoms with E-state index in [9.17, 15) is 52.7 Å². The minimum atomic E-state index is -5.20. The van der Waals surface area contributed by atoms with Crippen molar-refractivity contribution in [3.8, 4) is 0 Å². The molecular formula is C25H31Br5F12N6O2Si2. The molecule has 3 aromatic rings. The average Bonchev–Trinajstić information content (AvgIpc) is 3.55. The molecule has 0 spiro atoms. The van der Waals surface area contributed by atoms with Crippen LogP contribution >= 0.6 is 79.6 Å². The Morgan fingerprint density at radius 1 is 0.577 bits per heavy atom. The van der Waals surface area contributed by atoms with E-state index >= 15 is 0 Å². The minimum Gasteiger partial charge on any atom is -0.361 e. The molecule has 3 aromatic heterocycles. The molecule has 8 nitrogen and oxygen atoms in total. The van der Waals surface area contributed by atoms with Gasteiger partial charge in [-0.2, -0.15) is 52.7 Å². The van der Waals surface area contributed by atoms with Crippen LogP contribution in [0.5, 0.6) is 0 Å². The van der Waals surface area contributed by atoms with Crippen LogP contribution < -0.4 is 0 Å². The highest BCUT2D eigenvalue weighted by Gasteiger charge is 2.49. The van der Waals surface area contributed by atoms with Crippen LogP contribution in [-0.4, -0.2) is 58.4 Å². The number of hydrogen-bond donors (Lipinski definition) is 1. The van der Waals surface area contributed by atoms with E-state index in [-0.39, 0.29) is 32.0 Å². The van der Waals surface area contributed by atoms with Gasteiger partial charge in [-0.05, 0) is 91.7 Å². The molecule has 0 atom stereocenters. The van der Waals surface area contributed by atoms with Gasteiger partial charge in [0.05, 0.1) is 0 Å². The monoisotopic (exact) mass is 1130 g/mol. The maximum atomic E-state index is 12.9. The number of imidazole rings is 3. The molecule has 0 aliphatic carbocycles. The van der Waals surface area contributed by atoms with Crippen molar-refractivity contribution in [1.29, 1.82) is 0 Å². The van der Waals surface area contributed by atoms with Gasteiger partial charge in [0.25, 0.3) is 0 Å². The van der Waals surface area contributed by atoms with Crippen molar-refractivity contribution >= 4 is 95.8 Å². The van der Waals surface area contributed by atoms with E-state index in [2.05, 4.69) is 114 Å². The van der Waals surface area contributed by atoms with Crippen molar-refractivity contribution in [3.63, 3.8) is 0 Å². The SMILES string of the molecule is C[Si](C)(C)CCOCn1c(Br)nc(C(F)(F)F)c1Br.C[Si](C)(C)CCOCn1c(Br)nc(C(F)(F)F)c1C(F)(F)F.FC(F)(F)c1[nH]c(Br)nc1Br. The molecule has 0 amide bonds. The molecule has 27 heteroatoms. The summed E-state index contributed by atoms with van der Waals surface area (Å²) in [4.78, 5) is 11.8. The Bertz CT molecular complexity index is 1600. The highest BCUT2D eigenvalue weighted by molar-refractivity contribution is 9.11. The van der Waals surface area contributed by atoms with Gasteiger partial charge in [-0.1, -0.05) is 39.3 Å². The third-order valence-corrected chi connectivity index (χ3v) is 12.3. The summed E-state index contributed by atoms with van der Waals surface area (Å²) in [6.45, 7) is 12.9. The Hall–Kier alpha value is -0.456. The van der Waals surface area contributed by atoms with Crippen molar-refractivity contribution in [2.75, 3.05) is 13.2 Å². The maximum Gasteiger partial charge on any atom is 0.436 e. The molecular weight excluding hydrogens is 1100 g/mol. The Labute approximate surface area is 333 Å². The third kappa shape index (κ3) is 16.7. The smallest absolute Gasteiger partial charge is 0.361 e. The van der Waals surface area contributed by atoms with Crippen molar-refractivity contribution in [2.24, 2.45) is 0 Å². The Morgan fingerprint density at radius 3 is 1.29 bits per heavy atom. The van der Waals surface area contributed by atoms with E-state index in [1.165, 1.54) is 4.57 Å². The standard InChI is InChI=1S/C11H15BrF6N2OSi.C10H15Br2F3N2OSi.C4HBr2F3N2/c1-22(2,3)5-4-21-6-20-8(11(16,17)18)7(10(13,14)15)19-9(20)12;1-19(2,3)5-4-18-6-17-8(11)7(10(13,14)15)16-9(17)12;5-2-1(4(7,8)9)10-3(6)11-2/h4-6H2,1-3H3;4-6H2,1-3H3;(H,10,11). The molecule has 0 aliphatic heterocycles. The first kappa shape index (κ1) is 49.6. The largest absolute Gasteiger partial charge is 0.436 e. The molecule has 0 aromatic carbocycles. The van der Waals surface area contributed by atoms with Crippen LogP contribution in [0, 0.1) is 0 Å². The fourth-order valence-corrected chi connectivity index (χ4v) is 7.67. The number of nitrogens with one attached hydrogen (secondary N) is 1. The van der Waals surface area contributed by atoms with Crippen molar-refractivity contribution in [3.05, 3.63) is 46.2 Å². The highest BCUT2D eigenvalue weighted by atomic mass is 79.9. The maximum absolute atomic E-state index is 12.9. The summed E-state index contributed by atoms with van der Waals surface area (Å²) in [7, 11) is -2.65. The van der Waals surface area contributed by atoms with Gasteiger partial charge in [0.2, 0.25) is 0 Å². The number of ether oxygens (including phenoxy) is 2. The summed E-state index contributed by atoms with van der Waals surface area (Å²) in [5.41, 5.74) is -5.67. The molecule has 3 rings (SSSR count). The Kier molecular flexibility index (Phi) is 18.2. The van der Waals surface area contributed by atoms with E-state index in [1.54, 1.807) is 0 Å². The molecule has 0 bridgehead atoms. The van der Waals surface area contributed by atoms with E-state index in [1.807, 2.05) is 24.6 Å². The number of H-pyrrole nitrogens is 1. The first-order valence-electron chi connectivity index (χ1n) is 14.2. The molecule has 0 unspecified atom stereocenters.